The maximum atomic E-state index is 13.1. The van der Waals surface area contributed by atoms with Crippen LogP contribution in [0.15, 0.2) is 48.8 Å². The number of carbonyl (C=O) groups excluding carboxylic acids is 2. The van der Waals surface area contributed by atoms with E-state index in [1.54, 1.807) is 18.0 Å². The van der Waals surface area contributed by atoms with E-state index < -0.39 is 4.65 Å². The molecule has 2 aliphatic heterocycles. The summed E-state index contributed by atoms with van der Waals surface area (Å²) in [4.78, 5) is 33.2. The lowest BCUT2D eigenvalue weighted by Crippen LogP contribution is -2.53. The van der Waals surface area contributed by atoms with Crippen molar-refractivity contribution in [2.45, 2.75) is 44.0 Å². The fourth-order valence-corrected chi connectivity index (χ4v) is 6.07. The number of quaternary nitrogens is 1. The van der Waals surface area contributed by atoms with Gasteiger partial charge >= 0.3 is 6.41 Å². The van der Waals surface area contributed by atoms with Crippen LogP contribution >= 0.6 is 11.8 Å². The van der Waals surface area contributed by atoms with Crippen LogP contribution in [0.2, 0.25) is 0 Å². The lowest BCUT2D eigenvalue weighted by Gasteiger charge is -2.36. The number of benzene rings is 1. The van der Waals surface area contributed by atoms with E-state index in [4.69, 9.17) is 0 Å². The maximum Gasteiger partial charge on any atom is 0.338 e. The fourth-order valence-electron chi connectivity index (χ4n) is 4.85. The van der Waals surface area contributed by atoms with Gasteiger partial charge in [-0.05, 0) is 36.6 Å². The highest BCUT2D eigenvalue weighted by Gasteiger charge is 2.34. The van der Waals surface area contributed by atoms with Gasteiger partial charge in [0, 0.05) is 62.9 Å². The van der Waals surface area contributed by atoms with E-state index in [-0.39, 0.29) is 17.3 Å². The van der Waals surface area contributed by atoms with Crippen molar-refractivity contribution in [3.05, 3.63) is 59.9 Å². The highest BCUT2D eigenvalue weighted by Crippen LogP contribution is 2.32. The van der Waals surface area contributed by atoms with Gasteiger partial charge in [-0.15, -0.1) is 11.8 Å². The first kappa shape index (κ1) is 26.8. The van der Waals surface area contributed by atoms with Gasteiger partial charge in [0.15, 0.2) is 5.69 Å². The SMILES string of the molecule is CCCC[N+](O)(C=O)c1cccc(CCCN2CCN(C(=O)C3CSC(c4cccnc4)N3)CC2)c1. The van der Waals surface area contributed by atoms with E-state index in [0.29, 0.717) is 18.6 Å². The van der Waals surface area contributed by atoms with Crippen molar-refractivity contribution in [3.8, 4) is 0 Å². The predicted octanol–water partition coefficient (Wildman–Crippen LogP) is 3.22. The number of pyridine rings is 1. The number of nitrogens with zero attached hydrogens (tertiary/aromatic N) is 4. The Balaban J connectivity index is 1.20. The highest BCUT2D eigenvalue weighted by molar-refractivity contribution is 7.99. The Morgan fingerprint density at radius 1 is 1.22 bits per heavy atom. The number of thioether (sulfide) groups is 1. The van der Waals surface area contributed by atoms with E-state index in [0.717, 1.165) is 75.3 Å². The summed E-state index contributed by atoms with van der Waals surface area (Å²) in [7, 11) is 0. The topological polar surface area (TPSA) is 85.8 Å². The summed E-state index contributed by atoms with van der Waals surface area (Å²) in [5.74, 6) is 0.989. The van der Waals surface area contributed by atoms with Gasteiger partial charge in [-0.1, -0.05) is 36.2 Å². The number of hydrogen-bond donors (Lipinski definition) is 2. The van der Waals surface area contributed by atoms with Gasteiger partial charge in [-0.2, -0.15) is 0 Å². The molecule has 0 spiro atoms. The Bertz CT molecular complexity index is 1000. The molecule has 0 radical (unpaired) electrons. The van der Waals surface area contributed by atoms with E-state index >= 15 is 0 Å². The fraction of sp³-hybridized carbons (Fsp3) is 0.519. The molecule has 3 unspecified atom stereocenters. The van der Waals surface area contributed by atoms with Crippen molar-refractivity contribution in [2.24, 2.45) is 0 Å². The number of amides is 2. The number of hydroxylamine groups is 2. The minimum atomic E-state index is -0.658. The zero-order valence-corrected chi connectivity index (χ0v) is 21.9. The third-order valence-electron chi connectivity index (χ3n) is 7.08. The van der Waals surface area contributed by atoms with E-state index in [2.05, 4.69) is 21.3 Å². The summed E-state index contributed by atoms with van der Waals surface area (Å²) in [6.07, 6.45) is 7.84. The van der Waals surface area contributed by atoms with Crippen molar-refractivity contribution in [3.63, 3.8) is 0 Å². The number of unbranched alkanes of at least 4 members (excludes halogenated alkanes) is 1. The van der Waals surface area contributed by atoms with Crippen LogP contribution in [0.5, 0.6) is 0 Å². The summed E-state index contributed by atoms with van der Waals surface area (Å²) in [5.41, 5.74) is 2.88. The zero-order chi connectivity index (χ0) is 25.4. The number of piperazine rings is 1. The van der Waals surface area contributed by atoms with Crippen LogP contribution in [0.25, 0.3) is 0 Å². The van der Waals surface area contributed by atoms with Crippen molar-refractivity contribution >= 4 is 29.8 Å². The molecule has 9 heteroatoms. The van der Waals surface area contributed by atoms with Gasteiger partial charge in [-0.3, -0.25) is 20.0 Å². The number of nitrogens with one attached hydrogen (secondary N) is 1. The first-order valence-corrected chi connectivity index (χ1v) is 14.0. The largest absolute Gasteiger partial charge is 0.339 e. The molecule has 4 rings (SSSR count). The molecular weight excluding hydrogens is 474 g/mol. The second-order valence-electron chi connectivity index (χ2n) is 9.67. The number of carbonyl (C=O) groups is 2. The summed E-state index contributed by atoms with van der Waals surface area (Å²) in [5, 5.41) is 14.3. The minimum absolute atomic E-state index is 0.125. The number of aryl methyl sites for hydroxylation is 1. The summed E-state index contributed by atoms with van der Waals surface area (Å²) in [6.45, 7) is 6.70. The maximum absolute atomic E-state index is 13.1. The first-order chi connectivity index (χ1) is 17.5. The smallest absolute Gasteiger partial charge is 0.338 e. The number of aromatic nitrogens is 1. The lowest BCUT2D eigenvalue weighted by molar-refractivity contribution is -0.146. The Labute approximate surface area is 218 Å². The van der Waals surface area contributed by atoms with Crippen molar-refractivity contribution in [2.75, 3.05) is 45.0 Å². The summed E-state index contributed by atoms with van der Waals surface area (Å²) >= 11 is 1.77. The van der Waals surface area contributed by atoms with Crippen molar-refractivity contribution in [1.82, 2.24) is 24.7 Å². The monoisotopic (exact) mass is 512 g/mol. The van der Waals surface area contributed by atoms with Gasteiger partial charge < -0.3 is 4.90 Å². The third-order valence-corrected chi connectivity index (χ3v) is 8.34. The van der Waals surface area contributed by atoms with Crippen LogP contribution in [-0.4, -0.2) is 83.4 Å². The van der Waals surface area contributed by atoms with Gasteiger partial charge in [-0.25, -0.2) is 10.0 Å². The molecule has 2 amide bonds. The molecule has 194 valence electrons. The Morgan fingerprint density at radius 2 is 2.06 bits per heavy atom. The van der Waals surface area contributed by atoms with Crippen molar-refractivity contribution in [1.29, 1.82) is 0 Å². The molecule has 36 heavy (non-hydrogen) atoms. The Hall–Kier alpha value is -2.30. The second kappa shape index (κ2) is 12.8. The molecule has 1 aromatic heterocycles. The molecule has 1 aromatic carbocycles. The molecule has 2 saturated heterocycles. The van der Waals surface area contributed by atoms with Crippen LogP contribution in [0, 0.1) is 0 Å². The first-order valence-electron chi connectivity index (χ1n) is 13.0. The second-order valence-corrected chi connectivity index (χ2v) is 10.8. The van der Waals surface area contributed by atoms with Gasteiger partial charge in [0.1, 0.15) is 6.54 Å². The molecular formula is C27H38N5O3S+. The molecule has 2 N–H and O–H groups in total. The van der Waals surface area contributed by atoms with E-state index in [1.807, 2.05) is 48.4 Å². The van der Waals surface area contributed by atoms with E-state index in [1.165, 1.54) is 0 Å². The normalized spacial score (nSPS) is 22.3. The molecule has 2 aliphatic rings. The van der Waals surface area contributed by atoms with Gasteiger partial charge in [0.25, 0.3) is 0 Å². The Morgan fingerprint density at radius 3 is 2.78 bits per heavy atom. The standard InChI is InChI=1S/C27H38N5O3S/c1-2-3-17-32(35,21-33)24-10-4-7-22(18-24)8-6-12-30-13-15-31(16-14-30)27(34)25-20-36-26(29-25)23-9-5-11-28-19-23/h4-5,7,9-11,18-19,21,25-26,29,35H,2-3,6,8,12-17,20H2,1H3/q+1. The molecule has 8 nitrogen and oxygen atoms in total. The average Bonchev–Trinajstić information content (AvgIpc) is 3.43. The van der Waals surface area contributed by atoms with Crippen molar-refractivity contribution < 1.29 is 14.8 Å². The van der Waals surface area contributed by atoms with Gasteiger partial charge in [0.05, 0.1) is 11.4 Å². The third kappa shape index (κ3) is 6.72. The minimum Gasteiger partial charge on any atom is -0.339 e. The van der Waals surface area contributed by atoms with Gasteiger partial charge in [0.2, 0.25) is 5.91 Å². The summed E-state index contributed by atoms with van der Waals surface area (Å²) < 4.78 is -0.658. The van der Waals surface area contributed by atoms with Crippen LogP contribution in [0.3, 0.4) is 0 Å². The van der Waals surface area contributed by atoms with Crippen LogP contribution in [0.1, 0.15) is 42.7 Å². The zero-order valence-electron chi connectivity index (χ0n) is 21.1. The highest BCUT2D eigenvalue weighted by atomic mass is 32.2. The Kier molecular flexibility index (Phi) is 9.50. The molecule has 0 bridgehead atoms. The van der Waals surface area contributed by atoms with Crippen LogP contribution < -0.4 is 9.96 Å². The molecule has 2 fully saturated rings. The number of hydrogen-bond acceptors (Lipinski definition) is 7. The number of rotatable bonds is 11. The quantitative estimate of drug-likeness (QED) is 0.207. The summed E-state index contributed by atoms with van der Waals surface area (Å²) in [6, 6.07) is 11.6. The predicted molar refractivity (Wildman–Crippen MR) is 144 cm³/mol. The van der Waals surface area contributed by atoms with Crippen LogP contribution in [0.4, 0.5) is 5.69 Å². The molecule has 0 saturated carbocycles. The lowest BCUT2D eigenvalue weighted by atomic mass is 10.1. The van der Waals surface area contributed by atoms with E-state index in [9.17, 15) is 14.8 Å². The molecule has 2 aromatic rings. The van der Waals surface area contributed by atoms with Crippen LogP contribution in [-0.2, 0) is 16.0 Å². The molecule has 0 aliphatic carbocycles. The molecule has 3 heterocycles. The average molecular weight is 513 g/mol. The molecule has 3 atom stereocenters.